The fraction of sp³-hybridized carbons (Fsp3) is 0.357. The standard InChI is InChI=1S/C14H16ClN3/c1-9-5-6-16-10(7-9)13-17-11(14(2,3)4)8-12(15)18-13/h5-8H,1-4H3. The quantitative estimate of drug-likeness (QED) is 0.733. The highest BCUT2D eigenvalue weighted by Gasteiger charge is 2.18. The summed E-state index contributed by atoms with van der Waals surface area (Å²) in [5, 5.41) is 0.452. The van der Waals surface area contributed by atoms with Crippen LogP contribution in [0.4, 0.5) is 0 Å². The van der Waals surface area contributed by atoms with Gasteiger partial charge >= 0.3 is 0 Å². The Bertz CT molecular complexity index is 573. The Balaban J connectivity index is 2.55. The first kappa shape index (κ1) is 13.0. The van der Waals surface area contributed by atoms with Gasteiger partial charge in [-0.2, -0.15) is 0 Å². The zero-order chi connectivity index (χ0) is 13.3. The van der Waals surface area contributed by atoms with E-state index < -0.39 is 0 Å². The van der Waals surface area contributed by atoms with Gasteiger partial charge in [0.2, 0.25) is 0 Å². The van der Waals surface area contributed by atoms with Crippen LogP contribution in [0.2, 0.25) is 5.15 Å². The Morgan fingerprint density at radius 1 is 1.11 bits per heavy atom. The minimum atomic E-state index is -0.0643. The van der Waals surface area contributed by atoms with Crippen LogP contribution in [0.15, 0.2) is 24.4 Å². The van der Waals surface area contributed by atoms with Crippen molar-refractivity contribution < 1.29 is 0 Å². The number of rotatable bonds is 1. The van der Waals surface area contributed by atoms with Gasteiger partial charge in [-0.1, -0.05) is 32.4 Å². The molecule has 0 atom stereocenters. The van der Waals surface area contributed by atoms with Crippen molar-refractivity contribution in [3.05, 3.63) is 40.8 Å². The molecule has 0 aliphatic rings. The van der Waals surface area contributed by atoms with Crippen LogP contribution in [0.3, 0.4) is 0 Å². The maximum Gasteiger partial charge on any atom is 0.179 e. The Morgan fingerprint density at radius 3 is 2.44 bits per heavy atom. The Kier molecular flexibility index (Phi) is 3.35. The van der Waals surface area contributed by atoms with Crippen LogP contribution in [-0.4, -0.2) is 15.0 Å². The summed E-state index contributed by atoms with van der Waals surface area (Å²) >= 11 is 6.07. The summed E-state index contributed by atoms with van der Waals surface area (Å²) in [5.74, 6) is 0.580. The molecular weight excluding hydrogens is 246 g/mol. The van der Waals surface area contributed by atoms with Crippen molar-refractivity contribution >= 4 is 11.6 Å². The van der Waals surface area contributed by atoms with Crippen LogP contribution < -0.4 is 0 Å². The van der Waals surface area contributed by atoms with Crippen molar-refractivity contribution in [1.82, 2.24) is 15.0 Å². The second kappa shape index (κ2) is 4.65. The van der Waals surface area contributed by atoms with Gasteiger partial charge < -0.3 is 0 Å². The van der Waals surface area contributed by atoms with Crippen LogP contribution >= 0.6 is 11.6 Å². The minimum Gasteiger partial charge on any atom is -0.253 e. The third-order valence-electron chi connectivity index (χ3n) is 2.61. The van der Waals surface area contributed by atoms with Crippen LogP contribution in [-0.2, 0) is 5.41 Å². The molecule has 94 valence electrons. The summed E-state index contributed by atoms with van der Waals surface area (Å²) in [6, 6.07) is 5.71. The summed E-state index contributed by atoms with van der Waals surface area (Å²) in [5.41, 5.74) is 2.73. The van der Waals surface area contributed by atoms with Crippen molar-refractivity contribution in [2.24, 2.45) is 0 Å². The largest absolute Gasteiger partial charge is 0.253 e. The van der Waals surface area contributed by atoms with Gasteiger partial charge in [0, 0.05) is 11.6 Å². The number of nitrogens with zero attached hydrogens (tertiary/aromatic N) is 3. The number of hydrogen-bond acceptors (Lipinski definition) is 3. The molecule has 0 aliphatic heterocycles. The molecular formula is C14H16ClN3. The molecule has 2 aromatic rings. The monoisotopic (exact) mass is 261 g/mol. The summed E-state index contributed by atoms with van der Waals surface area (Å²) in [4.78, 5) is 13.1. The minimum absolute atomic E-state index is 0.0643. The lowest BCUT2D eigenvalue weighted by atomic mass is 9.92. The summed E-state index contributed by atoms with van der Waals surface area (Å²) in [7, 11) is 0. The molecule has 0 saturated heterocycles. The number of aromatic nitrogens is 3. The highest BCUT2D eigenvalue weighted by Crippen LogP contribution is 2.25. The van der Waals surface area contributed by atoms with Crippen LogP contribution in [0.5, 0.6) is 0 Å². The lowest BCUT2D eigenvalue weighted by Crippen LogP contribution is -2.14. The summed E-state index contributed by atoms with van der Waals surface area (Å²) in [6.07, 6.45) is 1.76. The zero-order valence-electron chi connectivity index (χ0n) is 11.0. The van der Waals surface area contributed by atoms with Gasteiger partial charge in [-0.25, -0.2) is 9.97 Å². The molecule has 0 saturated carbocycles. The lowest BCUT2D eigenvalue weighted by molar-refractivity contribution is 0.567. The van der Waals surface area contributed by atoms with Crippen molar-refractivity contribution in [2.75, 3.05) is 0 Å². The first-order valence-electron chi connectivity index (χ1n) is 5.84. The maximum atomic E-state index is 6.07. The van der Waals surface area contributed by atoms with E-state index in [-0.39, 0.29) is 5.41 Å². The highest BCUT2D eigenvalue weighted by atomic mass is 35.5. The molecule has 0 N–H and O–H groups in total. The van der Waals surface area contributed by atoms with Gasteiger partial charge in [-0.15, -0.1) is 0 Å². The first-order chi connectivity index (χ1) is 8.36. The smallest absolute Gasteiger partial charge is 0.179 e. The van der Waals surface area contributed by atoms with Gasteiger partial charge in [-0.3, -0.25) is 4.98 Å². The lowest BCUT2D eigenvalue weighted by Gasteiger charge is -2.18. The molecule has 0 spiro atoms. The van der Waals surface area contributed by atoms with Gasteiger partial charge in [0.25, 0.3) is 0 Å². The van der Waals surface area contributed by atoms with Crippen LogP contribution in [0, 0.1) is 6.92 Å². The molecule has 0 aromatic carbocycles. The van der Waals surface area contributed by atoms with E-state index in [0.717, 1.165) is 17.0 Å². The van der Waals surface area contributed by atoms with Crippen molar-refractivity contribution in [2.45, 2.75) is 33.1 Å². The second-order valence-electron chi connectivity index (χ2n) is 5.37. The number of pyridine rings is 1. The fourth-order valence-corrected chi connectivity index (χ4v) is 1.76. The second-order valence-corrected chi connectivity index (χ2v) is 5.76. The van der Waals surface area contributed by atoms with E-state index in [2.05, 4.69) is 35.7 Å². The highest BCUT2D eigenvalue weighted by molar-refractivity contribution is 6.29. The average molecular weight is 262 g/mol. The van der Waals surface area contributed by atoms with E-state index in [1.807, 2.05) is 19.1 Å². The van der Waals surface area contributed by atoms with E-state index in [4.69, 9.17) is 11.6 Å². The molecule has 0 radical (unpaired) electrons. The van der Waals surface area contributed by atoms with E-state index in [9.17, 15) is 0 Å². The topological polar surface area (TPSA) is 38.7 Å². The maximum absolute atomic E-state index is 6.07. The number of halogens is 1. The van der Waals surface area contributed by atoms with Crippen molar-refractivity contribution in [3.8, 4) is 11.5 Å². The third kappa shape index (κ3) is 2.85. The van der Waals surface area contributed by atoms with Gasteiger partial charge in [0.05, 0.1) is 5.69 Å². The van der Waals surface area contributed by atoms with E-state index >= 15 is 0 Å². The molecule has 0 aliphatic carbocycles. The number of hydrogen-bond donors (Lipinski definition) is 0. The van der Waals surface area contributed by atoms with Gasteiger partial charge in [-0.05, 0) is 30.7 Å². The molecule has 0 unspecified atom stereocenters. The molecule has 18 heavy (non-hydrogen) atoms. The summed E-state index contributed by atoms with van der Waals surface area (Å²) in [6.45, 7) is 8.30. The molecule has 2 rings (SSSR count). The molecule has 2 heterocycles. The van der Waals surface area contributed by atoms with E-state index in [1.165, 1.54) is 0 Å². The van der Waals surface area contributed by atoms with Crippen molar-refractivity contribution in [1.29, 1.82) is 0 Å². The van der Waals surface area contributed by atoms with E-state index in [1.54, 1.807) is 12.3 Å². The number of aryl methyl sites for hydroxylation is 1. The molecule has 4 heteroatoms. The molecule has 3 nitrogen and oxygen atoms in total. The Labute approximate surface area is 112 Å². The predicted molar refractivity (Wildman–Crippen MR) is 73.7 cm³/mol. The molecule has 0 fully saturated rings. The SMILES string of the molecule is Cc1ccnc(-c2nc(Cl)cc(C(C)(C)C)n2)c1. The average Bonchev–Trinajstić information content (AvgIpc) is 2.27. The Hall–Kier alpha value is -1.48. The molecule has 0 amide bonds. The normalized spacial score (nSPS) is 11.6. The fourth-order valence-electron chi connectivity index (χ4n) is 1.57. The molecule has 0 bridgehead atoms. The molecule has 2 aromatic heterocycles. The zero-order valence-corrected chi connectivity index (χ0v) is 11.8. The predicted octanol–water partition coefficient (Wildman–Crippen LogP) is 3.80. The Morgan fingerprint density at radius 2 is 1.83 bits per heavy atom. The van der Waals surface area contributed by atoms with Gasteiger partial charge in [0.15, 0.2) is 5.82 Å². The van der Waals surface area contributed by atoms with Crippen molar-refractivity contribution in [3.63, 3.8) is 0 Å². The van der Waals surface area contributed by atoms with Gasteiger partial charge in [0.1, 0.15) is 10.8 Å². The van der Waals surface area contributed by atoms with Crippen LogP contribution in [0.1, 0.15) is 32.0 Å². The third-order valence-corrected chi connectivity index (χ3v) is 2.80. The first-order valence-corrected chi connectivity index (χ1v) is 6.22. The summed E-state index contributed by atoms with van der Waals surface area (Å²) < 4.78 is 0. The van der Waals surface area contributed by atoms with Crippen LogP contribution in [0.25, 0.3) is 11.5 Å². The van der Waals surface area contributed by atoms with E-state index in [0.29, 0.717) is 11.0 Å².